The first-order valence-electron chi connectivity index (χ1n) is 37.0. The zero-order valence-electron chi connectivity index (χ0n) is 64.1. The predicted octanol–water partition coefficient (Wildman–Crippen LogP) is 17.1. The molecule has 4 saturated heterocycles. The second-order valence-electron chi connectivity index (χ2n) is 26.1. The highest BCUT2D eigenvalue weighted by molar-refractivity contribution is 6.70. The molecule has 15 rings (SSSR count). The molecule has 12 N–H and O–H groups in total. The summed E-state index contributed by atoms with van der Waals surface area (Å²) in [5, 5.41) is 18.3. The molecule has 3 aromatic heterocycles. The van der Waals surface area contributed by atoms with Crippen molar-refractivity contribution in [2.24, 2.45) is 0 Å². The van der Waals surface area contributed by atoms with Crippen LogP contribution in [-0.4, -0.2) is 151 Å². The van der Waals surface area contributed by atoms with Gasteiger partial charge in [-0.3, -0.25) is 24.0 Å². The number of rotatable bonds is 16. The lowest BCUT2D eigenvalue weighted by Crippen LogP contribution is -2.36. The van der Waals surface area contributed by atoms with E-state index in [-0.39, 0.29) is 54.2 Å². The summed E-state index contributed by atoms with van der Waals surface area (Å²) in [5.74, 6) is 0.124. The van der Waals surface area contributed by atoms with Gasteiger partial charge in [0.1, 0.15) is 0 Å². The number of ether oxygens (including phenoxy) is 4. The van der Waals surface area contributed by atoms with Gasteiger partial charge in [-0.1, -0.05) is 94.9 Å². The van der Waals surface area contributed by atoms with E-state index in [1.54, 1.807) is 73.2 Å². The van der Waals surface area contributed by atoms with Crippen LogP contribution < -0.4 is 63.8 Å². The van der Waals surface area contributed by atoms with Crippen molar-refractivity contribution in [1.82, 2.24) is 29.9 Å². The number of hydrogen-bond acceptors (Lipinski definition) is 23. The van der Waals surface area contributed by atoms with Gasteiger partial charge in [0.25, 0.3) is 11.1 Å². The Morgan fingerprint density at radius 3 is 1.09 bits per heavy atom. The van der Waals surface area contributed by atoms with Crippen LogP contribution in [0.15, 0.2) is 201 Å². The molecule has 0 saturated carbocycles. The van der Waals surface area contributed by atoms with E-state index in [0.717, 1.165) is 120 Å². The molecular formula is C84H86Cl6N18O9. The molecule has 0 bridgehead atoms. The van der Waals surface area contributed by atoms with Crippen molar-refractivity contribution in [3.8, 4) is 33.8 Å². The topological polar surface area (TPSA) is 360 Å². The average molecular weight is 1700 g/mol. The van der Waals surface area contributed by atoms with Crippen molar-refractivity contribution >= 4 is 179 Å². The van der Waals surface area contributed by atoms with Gasteiger partial charge < -0.3 is 82.7 Å². The van der Waals surface area contributed by atoms with Crippen molar-refractivity contribution in [2.45, 2.75) is 33.6 Å². The molecule has 7 heterocycles. The number of nitrogen functional groups attached to an aromatic ring is 3. The number of carbonyl (C=O) groups excluding carboxylic acids is 5. The molecule has 0 spiro atoms. The van der Waals surface area contributed by atoms with Gasteiger partial charge in [-0.25, -0.2) is 29.9 Å². The van der Waals surface area contributed by atoms with Crippen molar-refractivity contribution in [3.63, 3.8) is 0 Å². The van der Waals surface area contributed by atoms with Gasteiger partial charge in [0.05, 0.1) is 122 Å². The van der Waals surface area contributed by atoms with Crippen LogP contribution in [0.3, 0.4) is 0 Å². The molecule has 27 nitrogen and oxygen atoms in total. The van der Waals surface area contributed by atoms with Crippen LogP contribution in [0.1, 0.15) is 54.3 Å². The number of hydrogen-bond donors (Lipinski definition) is 9. The minimum atomic E-state index is -0.638. The lowest BCUT2D eigenvalue weighted by atomic mass is 10.1. The maximum Gasteiger partial charge on any atom is 0.258 e. The van der Waals surface area contributed by atoms with E-state index in [2.05, 4.69) is 76.5 Å². The summed E-state index contributed by atoms with van der Waals surface area (Å²) >= 11 is 34.8. The number of amides is 4. The van der Waals surface area contributed by atoms with E-state index in [1.165, 1.54) is 33.6 Å². The first kappa shape index (κ1) is 87.9. The standard InChI is InChI=1S/C29H26Cl2N6O3.C22H24N6O2.C12H10ClN3O.C10H15N3O.C7H3Cl3O.C4H8O/c1-18(38)33-20-7-5-19(6-8-20)24-11-12-32-29(36-24)34-21-9-10-26(37-13-15-40-16-14-37)25(17-21)35-28(39)27-22(30)3-2-4-23(27)31;1-15(29)25-17-4-2-16(3-5-17)20-8-9-24-22(27-20)26-18-6-7-21(19(23)14-18)28-10-12-30-13-11-28;1-8(17)15-10-4-2-9(3-5-10)11-6-7-14-12(13)16-11;11-8-1-2-10(9(12)7-8)13-3-5-14-6-4-13;8-4-2-1-3-5(9)6(4)7(10)11;1-2-4-5-3-1/h2-12,17H,13-16H2,1H3,(H,33,38)(H,35,39)(H,32,34,36);2-9,14H,10-13,23H2,1H3,(H,25,29)(H,24,26,27);2-7H,1H3,(H,15,17);1-2,7H,3-6,11-12H2;1-3H;1-4H2. The maximum absolute atomic E-state index is 13.3. The average Bonchev–Trinajstić information content (AvgIpc) is 1.10. The Bertz CT molecular complexity index is 5130. The number of nitrogens with two attached hydrogens (primary N) is 3. The number of aromatic nitrogens is 6. The highest BCUT2D eigenvalue weighted by atomic mass is 35.5. The number of anilines is 14. The van der Waals surface area contributed by atoms with E-state index in [9.17, 15) is 24.0 Å². The second kappa shape index (κ2) is 44.6. The van der Waals surface area contributed by atoms with Crippen LogP contribution in [-0.2, 0) is 33.3 Å². The van der Waals surface area contributed by atoms with Crippen LogP contribution in [0.2, 0.25) is 25.4 Å². The predicted molar refractivity (Wildman–Crippen MR) is 470 cm³/mol. The summed E-state index contributed by atoms with van der Waals surface area (Å²) in [6.07, 6.45) is 7.53. The molecule has 0 radical (unpaired) electrons. The maximum atomic E-state index is 13.3. The number of nitrogens with one attached hydrogen (secondary N) is 6. The molecule has 8 aromatic carbocycles. The molecule has 0 unspecified atom stereocenters. The Morgan fingerprint density at radius 2 is 0.726 bits per heavy atom. The molecule has 4 aliphatic rings. The summed E-state index contributed by atoms with van der Waals surface area (Å²) in [7, 11) is 0. The lowest BCUT2D eigenvalue weighted by molar-refractivity contribution is -0.115. The van der Waals surface area contributed by atoms with Crippen LogP contribution in [0.5, 0.6) is 0 Å². The normalized spacial score (nSPS) is 13.4. The Morgan fingerprint density at radius 1 is 0.376 bits per heavy atom. The van der Waals surface area contributed by atoms with Gasteiger partial charge in [0, 0.05) is 143 Å². The van der Waals surface area contributed by atoms with Gasteiger partial charge in [-0.05, 0) is 170 Å². The SMILES string of the molecule is C1CCOC1.CC(=O)Nc1ccc(-c2ccnc(Cl)n2)cc1.CC(=O)Nc1ccc(-c2ccnc(Nc3ccc(N4CCOCC4)c(N)c3)n2)cc1.CC(=O)Nc1ccc(-c2ccnc(Nc3ccc(N4CCOCC4)c(NC(=O)c4c(Cl)cccc4Cl)c3)n2)cc1.Nc1ccc(N2CCOCC2)c(N)c1.O=C(Cl)c1c(Cl)cccc1Cl. The summed E-state index contributed by atoms with van der Waals surface area (Å²) in [5.41, 5.74) is 32.5. The highest BCUT2D eigenvalue weighted by Gasteiger charge is 2.22. The summed E-state index contributed by atoms with van der Waals surface area (Å²) in [4.78, 5) is 89.7. The van der Waals surface area contributed by atoms with Gasteiger partial charge in [0.15, 0.2) is 0 Å². The Kier molecular flexibility index (Phi) is 33.5. The van der Waals surface area contributed by atoms with E-state index >= 15 is 0 Å². The molecule has 0 aliphatic carbocycles. The summed E-state index contributed by atoms with van der Waals surface area (Å²) in [6, 6.07) is 54.6. The summed E-state index contributed by atoms with van der Waals surface area (Å²) < 4.78 is 21.1. The Labute approximate surface area is 707 Å². The van der Waals surface area contributed by atoms with Crippen molar-refractivity contribution in [1.29, 1.82) is 0 Å². The largest absolute Gasteiger partial charge is 0.399 e. The van der Waals surface area contributed by atoms with E-state index in [1.807, 2.05) is 127 Å². The summed E-state index contributed by atoms with van der Waals surface area (Å²) in [6.45, 7) is 15.4. The number of morpholine rings is 3. The lowest BCUT2D eigenvalue weighted by Gasteiger charge is -2.31. The van der Waals surface area contributed by atoms with Crippen molar-refractivity contribution < 1.29 is 42.9 Å². The number of nitrogens with zero attached hydrogens (tertiary/aromatic N) is 9. The highest BCUT2D eigenvalue weighted by Crippen LogP contribution is 2.36. The molecule has 11 aromatic rings. The van der Waals surface area contributed by atoms with Crippen molar-refractivity contribution in [2.75, 3.05) is 156 Å². The van der Waals surface area contributed by atoms with E-state index in [4.69, 9.17) is 106 Å². The van der Waals surface area contributed by atoms with Crippen LogP contribution in [0.25, 0.3) is 33.8 Å². The molecule has 0 atom stereocenters. The third kappa shape index (κ3) is 27.3. The van der Waals surface area contributed by atoms with Crippen LogP contribution in [0.4, 0.5) is 80.1 Å². The number of benzene rings is 8. The zero-order valence-corrected chi connectivity index (χ0v) is 68.6. The molecule has 117 heavy (non-hydrogen) atoms. The Hall–Kier alpha value is -11.5. The van der Waals surface area contributed by atoms with Gasteiger partial charge in [-0.2, -0.15) is 0 Å². The Balaban J connectivity index is 0.000000163. The first-order chi connectivity index (χ1) is 56.5. The van der Waals surface area contributed by atoms with Gasteiger partial charge in [0.2, 0.25) is 34.9 Å². The monoisotopic (exact) mass is 1700 g/mol. The third-order valence-corrected chi connectivity index (χ3v) is 19.1. The quantitative estimate of drug-likeness (QED) is 0.0246. The fraction of sp³-hybridized carbons (Fsp3) is 0.226. The fourth-order valence-corrected chi connectivity index (χ4v) is 13.6. The van der Waals surface area contributed by atoms with E-state index in [0.29, 0.717) is 85.5 Å². The van der Waals surface area contributed by atoms with Crippen LogP contribution in [0, 0.1) is 0 Å². The number of carbonyl (C=O) groups is 5. The smallest absolute Gasteiger partial charge is 0.258 e. The molecular weight excluding hydrogens is 1620 g/mol. The molecule has 4 amide bonds. The molecule has 4 aliphatic heterocycles. The zero-order chi connectivity index (χ0) is 83.2. The fourth-order valence-electron chi connectivity index (χ4n) is 12.0. The molecule has 33 heteroatoms. The van der Waals surface area contributed by atoms with Crippen molar-refractivity contribution in [3.05, 3.63) is 237 Å². The second-order valence-corrected chi connectivity index (χ2v) is 28.4. The minimum Gasteiger partial charge on any atom is -0.399 e. The van der Waals surface area contributed by atoms with Gasteiger partial charge in [-0.15, -0.1) is 0 Å². The number of halogens is 6. The van der Waals surface area contributed by atoms with Crippen LogP contribution >= 0.6 is 69.6 Å². The third-order valence-electron chi connectivity index (χ3n) is 17.5. The van der Waals surface area contributed by atoms with Gasteiger partial charge >= 0.3 is 0 Å². The first-order valence-corrected chi connectivity index (χ1v) is 39.2. The molecule has 608 valence electrons. The minimum absolute atomic E-state index is 0.0946. The molecule has 4 fully saturated rings. The van der Waals surface area contributed by atoms with E-state index < -0.39 is 11.1 Å².